The molecule has 232 valence electrons. The number of hydrogen-bond acceptors (Lipinski definition) is 6. The summed E-state index contributed by atoms with van der Waals surface area (Å²) in [6.45, 7) is 31.3. The first-order valence-electron chi connectivity index (χ1n) is 15.3. The van der Waals surface area contributed by atoms with Crippen LogP contribution in [0, 0.1) is 21.7 Å². The molecule has 4 atom stereocenters. The maximum atomic E-state index is 5.64. The van der Waals surface area contributed by atoms with E-state index in [1.54, 1.807) is 12.5 Å². The average Bonchev–Trinajstić information content (AvgIpc) is 3.42. The molecule has 0 saturated carbocycles. The van der Waals surface area contributed by atoms with Crippen LogP contribution in [-0.4, -0.2) is 64.1 Å². The summed E-state index contributed by atoms with van der Waals surface area (Å²) in [7, 11) is 0. The second-order valence-electron chi connectivity index (χ2n) is 15.5. The first kappa shape index (κ1) is 36.2. The summed E-state index contributed by atoms with van der Waals surface area (Å²) < 4.78 is 32.4. The lowest BCUT2D eigenvalue weighted by atomic mass is 9.85. The van der Waals surface area contributed by atoms with Crippen LogP contribution in [0.25, 0.3) is 0 Å². The molecule has 4 rings (SSSR count). The SMILES string of the molecule is CC(C)(C)C1CCCCO1.CC(C)(C)C1CCCO1.CC(C)(C)C1COC=CO1.CC(C)(C)C1COCCO1. The minimum Gasteiger partial charge on any atom is -0.494 e. The second-order valence-corrected chi connectivity index (χ2v) is 15.5. The van der Waals surface area contributed by atoms with Crippen molar-refractivity contribution in [1.82, 2.24) is 0 Å². The van der Waals surface area contributed by atoms with Crippen molar-refractivity contribution in [3.05, 3.63) is 12.5 Å². The molecular formula is C33H64O6. The highest BCUT2D eigenvalue weighted by Gasteiger charge is 2.29. The maximum Gasteiger partial charge on any atom is 0.137 e. The third-order valence-corrected chi connectivity index (χ3v) is 7.43. The van der Waals surface area contributed by atoms with Gasteiger partial charge in [0.2, 0.25) is 0 Å². The standard InChI is InChI=1S/C9H18O.C8H16O2.C8H14O2.C8H16O/c1-9(2,3)8-6-4-5-7-10-8;2*1-8(2,3)7-6-9-4-5-10-7;1-8(2,3)7-5-4-6-9-7/h8H,4-7H2,1-3H3;7H,4-6H2,1-3H3;4-5,7H,6H2,1-3H3;7H,4-6H2,1-3H3. The van der Waals surface area contributed by atoms with Crippen LogP contribution >= 0.6 is 0 Å². The highest BCUT2D eigenvalue weighted by atomic mass is 16.6. The van der Waals surface area contributed by atoms with Crippen molar-refractivity contribution in [2.75, 3.05) is 39.6 Å². The zero-order valence-corrected chi connectivity index (χ0v) is 27.7. The lowest BCUT2D eigenvalue weighted by molar-refractivity contribution is -0.128. The number of rotatable bonds is 0. The smallest absolute Gasteiger partial charge is 0.137 e. The van der Waals surface area contributed by atoms with Crippen molar-refractivity contribution in [1.29, 1.82) is 0 Å². The minimum absolute atomic E-state index is 0.171. The van der Waals surface area contributed by atoms with E-state index in [1.165, 1.54) is 32.1 Å². The molecule has 0 radical (unpaired) electrons. The van der Waals surface area contributed by atoms with Gasteiger partial charge < -0.3 is 28.4 Å². The molecule has 6 nitrogen and oxygen atoms in total. The highest BCUT2D eigenvalue weighted by molar-refractivity contribution is 4.81. The normalized spacial score (nSPS) is 27.8. The Labute approximate surface area is 241 Å². The van der Waals surface area contributed by atoms with Crippen LogP contribution in [0.3, 0.4) is 0 Å². The Morgan fingerprint density at radius 1 is 0.462 bits per heavy atom. The summed E-state index contributed by atoms with van der Waals surface area (Å²) in [5.74, 6) is 0. The van der Waals surface area contributed by atoms with E-state index in [-0.39, 0.29) is 23.0 Å². The van der Waals surface area contributed by atoms with Gasteiger partial charge in [-0.2, -0.15) is 0 Å². The van der Waals surface area contributed by atoms with Crippen molar-refractivity contribution < 1.29 is 28.4 Å². The topological polar surface area (TPSA) is 55.4 Å². The van der Waals surface area contributed by atoms with Gasteiger partial charge >= 0.3 is 0 Å². The Bertz CT molecular complexity index is 616. The van der Waals surface area contributed by atoms with Gasteiger partial charge in [0.1, 0.15) is 25.2 Å². The molecule has 0 aromatic carbocycles. The van der Waals surface area contributed by atoms with Gasteiger partial charge in [0.15, 0.2) is 0 Å². The zero-order chi connectivity index (χ0) is 29.7. The van der Waals surface area contributed by atoms with Gasteiger partial charge in [0, 0.05) is 18.6 Å². The molecule has 0 aromatic rings. The Morgan fingerprint density at radius 2 is 0.949 bits per heavy atom. The molecule has 4 aliphatic rings. The summed E-state index contributed by atoms with van der Waals surface area (Å²) in [6, 6.07) is 0. The van der Waals surface area contributed by atoms with E-state index in [2.05, 4.69) is 83.1 Å². The molecule has 0 aromatic heterocycles. The highest BCUT2D eigenvalue weighted by Crippen LogP contribution is 2.30. The van der Waals surface area contributed by atoms with Crippen LogP contribution in [0.15, 0.2) is 12.5 Å². The average molecular weight is 557 g/mol. The summed E-state index contributed by atoms with van der Waals surface area (Å²) in [6.07, 6.45) is 11.0. The molecule has 0 aliphatic carbocycles. The monoisotopic (exact) mass is 556 g/mol. The molecule has 4 aliphatic heterocycles. The third-order valence-electron chi connectivity index (χ3n) is 7.43. The number of ether oxygens (including phenoxy) is 6. The quantitative estimate of drug-likeness (QED) is 0.300. The van der Waals surface area contributed by atoms with Crippen LogP contribution in [0.1, 0.15) is 115 Å². The molecule has 3 saturated heterocycles. The fourth-order valence-electron chi connectivity index (χ4n) is 4.47. The van der Waals surface area contributed by atoms with Crippen molar-refractivity contribution in [3.8, 4) is 0 Å². The van der Waals surface area contributed by atoms with Crippen LogP contribution in [-0.2, 0) is 28.4 Å². The molecule has 0 bridgehead atoms. The molecule has 0 N–H and O–H groups in total. The Kier molecular flexibility index (Phi) is 15.4. The molecule has 0 spiro atoms. The zero-order valence-electron chi connectivity index (χ0n) is 27.7. The van der Waals surface area contributed by atoms with Crippen molar-refractivity contribution in [2.24, 2.45) is 21.7 Å². The fraction of sp³-hybridized carbons (Fsp3) is 0.939. The molecule has 39 heavy (non-hydrogen) atoms. The van der Waals surface area contributed by atoms with Gasteiger partial charge in [0.25, 0.3) is 0 Å². The largest absolute Gasteiger partial charge is 0.494 e. The van der Waals surface area contributed by atoms with Gasteiger partial charge in [-0.05, 0) is 48.3 Å². The van der Waals surface area contributed by atoms with Crippen LogP contribution in [0.5, 0.6) is 0 Å². The number of hydrogen-bond donors (Lipinski definition) is 0. The second kappa shape index (κ2) is 16.6. The maximum absolute atomic E-state index is 5.64. The first-order chi connectivity index (χ1) is 17.9. The van der Waals surface area contributed by atoms with E-state index in [4.69, 9.17) is 28.4 Å². The van der Waals surface area contributed by atoms with Gasteiger partial charge in [-0.25, -0.2) is 0 Å². The summed E-state index contributed by atoms with van der Waals surface area (Å²) >= 11 is 0. The minimum atomic E-state index is 0.171. The van der Waals surface area contributed by atoms with Crippen LogP contribution in [0.2, 0.25) is 0 Å². The summed E-state index contributed by atoms with van der Waals surface area (Å²) in [5.41, 5.74) is 1.10. The predicted octanol–water partition coefficient (Wildman–Crippen LogP) is 8.18. The molecule has 0 amide bonds. The van der Waals surface area contributed by atoms with Crippen LogP contribution in [0.4, 0.5) is 0 Å². The first-order valence-corrected chi connectivity index (χ1v) is 15.3. The lowest BCUT2D eigenvalue weighted by Gasteiger charge is -2.33. The molecule has 3 fully saturated rings. The van der Waals surface area contributed by atoms with Gasteiger partial charge in [0.05, 0.1) is 38.1 Å². The molecule has 6 heteroatoms. The van der Waals surface area contributed by atoms with E-state index in [1.807, 2.05) is 0 Å². The molecule has 4 unspecified atom stereocenters. The van der Waals surface area contributed by atoms with E-state index in [0.717, 1.165) is 33.0 Å². The summed E-state index contributed by atoms with van der Waals surface area (Å²) in [4.78, 5) is 0. The third kappa shape index (κ3) is 15.7. The van der Waals surface area contributed by atoms with Crippen LogP contribution < -0.4 is 0 Å². The Balaban J connectivity index is 0.000000260. The predicted molar refractivity (Wildman–Crippen MR) is 161 cm³/mol. The van der Waals surface area contributed by atoms with Crippen molar-refractivity contribution in [3.63, 3.8) is 0 Å². The van der Waals surface area contributed by atoms with Gasteiger partial charge in [-0.3, -0.25) is 0 Å². The molecule has 4 heterocycles. The van der Waals surface area contributed by atoms with Crippen molar-refractivity contribution in [2.45, 2.75) is 140 Å². The fourth-order valence-corrected chi connectivity index (χ4v) is 4.47. The Morgan fingerprint density at radius 3 is 1.23 bits per heavy atom. The Hall–Kier alpha value is -0.820. The molecular weight excluding hydrogens is 492 g/mol. The van der Waals surface area contributed by atoms with Crippen molar-refractivity contribution >= 4 is 0 Å². The van der Waals surface area contributed by atoms with E-state index >= 15 is 0 Å². The van der Waals surface area contributed by atoms with E-state index in [0.29, 0.717) is 29.6 Å². The summed E-state index contributed by atoms with van der Waals surface area (Å²) in [5, 5.41) is 0. The van der Waals surface area contributed by atoms with E-state index < -0.39 is 0 Å². The van der Waals surface area contributed by atoms with Gasteiger partial charge in [-0.1, -0.05) is 83.1 Å². The van der Waals surface area contributed by atoms with E-state index in [9.17, 15) is 0 Å². The lowest BCUT2D eigenvalue weighted by Crippen LogP contribution is -2.38. The van der Waals surface area contributed by atoms with Gasteiger partial charge in [-0.15, -0.1) is 0 Å².